The Bertz CT molecular complexity index is 1120. The predicted octanol–water partition coefficient (Wildman–Crippen LogP) is 4.07. The molecule has 2 aliphatic rings. The highest BCUT2D eigenvalue weighted by atomic mass is 16.5. The fourth-order valence-electron chi connectivity index (χ4n) is 4.39. The molecular formula is C23H28N6O. The number of aromatic nitrogens is 4. The number of ether oxygens (including phenoxy) is 1. The monoisotopic (exact) mass is 404 g/mol. The Balaban J connectivity index is 1.85. The van der Waals surface area contributed by atoms with Gasteiger partial charge >= 0.3 is 0 Å². The standard InChI is InChI=1S/C23H28N6O/c1-5-28-12-17(14(3)26-28)10-16-8-7-9-18-21(19(11-24)23(25)30-22(16)18)20-13-29(6-2)27-15(20)4/h10,12-13,21H,5-9,25H2,1-4H3/b16-10+/t21-/m0/s1. The number of nitrogens with two attached hydrogens (primary N) is 1. The first-order chi connectivity index (χ1) is 14.5. The van der Waals surface area contributed by atoms with Gasteiger partial charge in [-0.2, -0.15) is 15.5 Å². The van der Waals surface area contributed by atoms with Gasteiger partial charge in [0.1, 0.15) is 17.4 Å². The lowest BCUT2D eigenvalue weighted by Gasteiger charge is -2.33. The number of aryl methyl sites for hydroxylation is 4. The Morgan fingerprint density at radius 2 is 1.87 bits per heavy atom. The molecule has 0 unspecified atom stereocenters. The topological polar surface area (TPSA) is 94.7 Å². The van der Waals surface area contributed by atoms with Gasteiger partial charge in [0, 0.05) is 36.6 Å². The van der Waals surface area contributed by atoms with Crippen molar-refractivity contribution in [2.75, 3.05) is 0 Å². The van der Waals surface area contributed by atoms with Gasteiger partial charge in [-0.3, -0.25) is 9.36 Å². The van der Waals surface area contributed by atoms with Gasteiger partial charge < -0.3 is 10.5 Å². The SMILES string of the molecule is CCn1cc(/C=C2\CCCC3=C2OC(N)=C(C#N)[C@H]3c2cn(CC)nc2C)c(C)n1. The van der Waals surface area contributed by atoms with Crippen molar-refractivity contribution in [3.63, 3.8) is 0 Å². The van der Waals surface area contributed by atoms with Crippen LogP contribution >= 0.6 is 0 Å². The zero-order valence-electron chi connectivity index (χ0n) is 18.1. The number of allylic oxidation sites excluding steroid dienone is 3. The summed E-state index contributed by atoms with van der Waals surface area (Å²) in [5.41, 5.74) is 13.0. The van der Waals surface area contributed by atoms with Crippen molar-refractivity contribution < 1.29 is 4.74 Å². The van der Waals surface area contributed by atoms with E-state index >= 15 is 0 Å². The molecule has 0 amide bonds. The first kappa shape index (κ1) is 20.0. The molecule has 2 aromatic heterocycles. The van der Waals surface area contributed by atoms with Crippen molar-refractivity contribution in [2.45, 2.75) is 66.0 Å². The van der Waals surface area contributed by atoms with Crippen LogP contribution in [0.4, 0.5) is 0 Å². The summed E-state index contributed by atoms with van der Waals surface area (Å²) in [4.78, 5) is 0. The normalized spacial score (nSPS) is 20.4. The van der Waals surface area contributed by atoms with E-state index in [1.807, 2.05) is 29.4 Å². The summed E-state index contributed by atoms with van der Waals surface area (Å²) in [5.74, 6) is 0.802. The Labute approximate surface area is 177 Å². The fraction of sp³-hybridized carbons (Fsp3) is 0.435. The molecule has 0 spiro atoms. The maximum absolute atomic E-state index is 9.86. The minimum absolute atomic E-state index is 0.193. The molecule has 0 radical (unpaired) electrons. The number of rotatable bonds is 4. The lowest BCUT2D eigenvalue weighted by Crippen LogP contribution is -2.24. The van der Waals surface area contributed by atoms with Gasteiger partial charge in [-0.05, 0) is 64.2 Å². The summed E-state index contributed by atoms with van der Waals surface area (Å²) in [6, 6.07) is 2.30. The van der Waals surface area contributed by atoms with Gasteiger partial charge in [0.2, 0.25) is 5.88 Å². The zero-order valence-corrected chi connectivity index (χ0v) is 18.1. The van der Waals surface area contributed by atoms with E-state index in [1.54, 1.807) is 0 Å². The number of hydrogen-bond donors (Lipinski definition) is 1. The van der Waals surface area contributed by atoms with Gasteiger partial charge in [-0.15, -0.1) is 0 Å². The molecule has 30 heavy (non-hydrogen) atoms. The van der Waals surface area contributed by atoms with Crippen molar-refractivity contribution in [2.24, 2.45) is 5.73 Å². The number of nitrogens with zero attached hydrogens (tertiary/aromatic N) is 5. The molecule has 1 aliphatic heterocycles. The molecule has 0 bridgehead atoms. The summed E-state index contributed by atoms with van der Waals surface area (Å²) in [5, 5.41) is 19.0. The van der Waals surface area contributed by atoms with Crippen molar-refractivity contribution in [1.29, 1.82) is 5.26 Å². The van der Waals surface area contributed by atoms with E-state index in [-0.39, 0.29) is 11.8 Å². The second-order valence-corrected chi connectivity index (χ2v) is 7.85. The smallest absolute Gasteiger partial charge is 0.205 e. The first-order valence-electron chi connectivity index (χ1n) is 10.6. The lowest BCUT2D eigenvalue weighted by atomic mass is 9.77. The number of hydrogen-bond acceptors (Lipinski definition) is 5. The Morgan fingerprint density at radius 3 is 2.50 bits per heavy atom. The third kappa shape index (κ3) is 3.32. The maximum atomic E-state index is 9.86. The highest BCUT2D eigenvalue weighted by molar-refractivity contribution is 5.63. The van der Waals surface area contributed by atoms with Crippen LogP contribution < -0.4 is 5.73 Å². The summed E-state index contributed by atoms with van der Waals surface area (Å²) >= 11 is 0. The zero-order chi connectivity index (χ0) is 21.4. The molecule has 3 heterocycles. The van der Waals surface area contributed by atoms with E-state index in [9.17, 15) is 5.26 Å². The third-order valence-corrected chi connectivity index (χ3v) is 5.97. The van der Waals surface area contributed by atoms with E-state index in [0.717, 1.165) is 71.8 Å². The minimum Gasteiger partial charge on any atom is -0.440 e. The molecule has 1 aliphatic carbocycles. The van der Waals surface area contributed by atoms with Crippen molar-refractivity contribution in [1.82, 2.24) is 19.6 Å². The molecule has 0 fully saturated rings. The molecule has 4 rings (SSSR count). The average molecular weight is 405 g/mol. The van der Waals surface area contributed by atoms with Crippen LogP contribution in [0, 0.1) is 25.2 Å². The summed E-state index contributed by atoms with van der Waals surface area (Å²) < 4.78 is 9.92. The molecule has 2 N–H and O–H groups in total. The molecule has 7 nitrogen and oxygen atoms in total. The Hall–Kier alpha value is -3.27. The van der Waals surface area contributed by atoms with Crippen molar-refractivity contribution >= 4 is 6.08 Å². The third-order valence-electron chi connectivity index (χ3n) is 5.97. The van der Waals surface area contributed by atoms with Crippen molar-refractivity contribution in [3.05, 3.63) is 63.3 Å². The van der Waals surface area contributed by atoms with Crippen LogP contribution in [0.3, 0.4) is 0 Å². The van der Waals surface area contributed by atoms with Crippen LogP contribution in [-0.4, -0.2) is 19.6 Å². The molecular weight excluding hydrogens is 376 g/mol. The van der Waals surface area contributed by atoms with Crippen LogP contribution in [0.15, 0.2) is 40.8 Å². The molecule has 0 aromatic carbocycles. The minimum atomic E-state index is -0.206. The van der Waals surface area contributed by atoms with Gasteiger partial charge in [0.25, 0.3) is 0 Å². The first-order valence-corrected chi connectivity index (χ1v) is 10.6. The largest absolute Gasteiger partial charge is 0.440 e. The summed E-state index contributed by atoms with van der Waals surface area (Å²) in [6.45, 7) is 9.76. The Kier molecular flexibility index (Phi) is 5.25. The van der Waals surface area contributed by atoms with E-state index in [1.165, 1.54) is 0 Å². The summed E-state index contributed by atoms with van der Waals surface area (Å²) in [7, 11) is 0. The van der Waals surface area contributed by atoms with Gasteiger partial charge in [0.15, 0.2) is 0 Å². The molecule has 0 saturated carbocycles. The fourth-order valence-corrected chi connectivity index (χ4v) is 4.39. The van der Waals surface area contributed by atoms with Crippen LogP contribution in [0.2, 0.25) is 0 Å². The van der Waals surface area contributed by atoms with E-state index in [0.29, 0.717) is 5.57 Å². The highest BCUT2D eigenvalue weighted by Gasteiger charge is 2.37. The average Bonchev–Trinajstić information content (AvgIpc) is 3.29. The lowest BCUT2D eigenvalue weighted by molar-refractivity contribution is 0.277. The van der Waals surface area contributed by atoms with E-state index in [4.69, 9.17) is 10.5 Å². The molecule has 7 heteroatoms. The molecule has 0 saturated heterocycles. The van der Waals surface area contributed by atoms with Crippen LogP contribution in [0.1, 0.15) is 61.5 Å². The van der Waals surface area contributed by atoms with Gasteiger partial charge in [0.05, 0.1) is 17.3 Å². The second-order valence-electron chi connectivity index (χ2n) is 7.85. The van der Waals surface area contributed by atoms with E-state index in [2.05, 4.69) is 42.4 Å². The quantitative estimate of drug-likeness (QED) is 0.829. The maximum Gasteiger partial charge on any atom is 0.205 e. The summed E-state index contributed by atoms with van der Waals surface area (Å²) in [6.07, 6.45) is 9.04. The van der Waals surface area contributed by atoms with Crippen LogP contribution in [-0.2, 0) is 17.8 Å². The molecule has 2 aromatic rings. The van der Waals surface area contributed by atoms with Gasteiger partial charge in [-0.1, -0.05) is 0 Å². The van der Waals surface area contributed by atoms with Gasteiger partial charge in [-0.25, -0.2) is 0 Å². The molecule has 156 valence electrons. The Morgan fingerprint density at radius 1 is 1.17 bits per heavy atom. The van der Waals surface area contributed by atoms with Crippen LogP contribution in [0.5, 0.6) is 0 Å². The number of nitriles is 1. The second kappa shape index (κ2) is 7.86. The van der Waals surface area contributed by atoms with Crippen molar-refractivity contribution in [3.8, 4) is 6.07 Å². The van der Waals surface area contributed by atoms with E-state index < -0.39 is 0 Å². The predicted molar refractivity (Wildman–Crippen MR) is 115 cm³/mol. The molecule has 1 atom stereocenters. The van der Waals surface area contributed by atoms with Crippen LogP contribution in [0.25, 0.3) is 6.08 Å². The highest BCUT2D eigenvalue weighted by Crippen LogP contribution is 2.47.